The van der Waals surface area contributed by atoms with Gasteiger partial charge in [-0.15, -0.1) is 11.3 Å². The number of esters is 1. The summed E-state index contributed by atoms with van der Waals surface area (Å²) in [4.78, 5) is 30.4. The van der Waals surface area contributed by atoms with Crippen molar-refractivity contribution >= 4 is 23.3 Å². The topological polar surface area (TPSA) is 84.7 Å². The fourth-order valence-corrected chi connectivity index (χ4v) is 3.58. The highest BCUT2D eigenvalue weighted by atomic mass is 32.1. The second kappa shape index (κ2) is 8.35. The van der Waals surface area contributed by atoms with Crippen molar-refractivity contribution in [3.8, 4) is 10.8 Å². The van der Waals surface area contributed by atoms with Gasteiger partial charge in [0.2, 0.25) is 0 Å². The number of hydrogen-bond donors (Lipinski definition) is 1. The summed E-state index contributed by atoms with van der Waals surface area (Å²) in [6.07, 6.45) is 2.85. The predicted molar refractivity (Wildman–Crippen MR) is 97.6 cm³/mol. The van der Waals surface area contributed by atoms with Gasteiger partial charge in [-0.3, -0.25) is 4.79 Å². The van der Waals surface area contributed by atoms with Crippen molar-refractivity contribution in [2.75, 3.05) is 13.1 Å². The van der Waals surface area contributed by atoms with E-state index >= 15 is 0 Å². The molecular formula is C18H23N3O4S. The van der Waals surface area contributed by atoms with E-state index in [2.05, 4.69) is 10.3 Å². The Labute approximate surface area is 156 Å². The number of thiazole rings is 1. The summed E-state index contributed by atoms with van der Waals surface area (Å²) in [5.74, 6) is 0.322. The number of likely N-dealkylation sites (tertiary alicyclic amines) is 1. The third kappa shape index (κ3) is 4.63. The Bertz CT molecular complexity index is 733. The van der Waals surface area contributed by atoms with Gasteiger partial charge in [0.15, 0.2) is 10.8 Å². The molecular weight excluding hydrogens is 354 g/mol. The molecule has 0 unspecified atom stereocenters. The average Bonchev–Trinajstić information content (AvgIpc) is 3.30. The smallest absolute Gasteiger partial charge is 0.317 e. The number of hydrogen-bond acceptors (Lipinski definition) is 6. The molecule has 0 bridgehead atoms. The minimum Gasteiger partial charge on any atom is -0.462 e. The first-order valence-corrected chi connectivity index (χ1v) is 9.61. The molecule has 7 nitrogen and oxygen atoms in total. The van der Waals surface area contributed by atoms with Gasteiger partial charge in [0.05, 0.1) is 17.9 Å². The molecule has 3 rings (SSSR count). The summed E-state index contributed by atoms with van der Waals surface area (Å²) >= 11 is 1.46. The van der Waals surface area contributed by atoms with Gasteiger partial charge in [-0.1, -0.05) is 0 Å². The van der Waals surface area contributed by atoms with Gasteiger partial charge < -0.3 is 19.4 Å². The molecule has 0 radical (unpaired) electrons. The number of urea groups is 1. The van der Waals surface area contributed by atoms with Gasteiger partial charge in [0, 0.05) is 24.5 Å². The van der Waals surface area contributed by atoms with Crippen LogP contribution in [0.5, 0.6) is 0 Å². The number of nitrogens with zero attached hydrogens (tertiary/aromatic N) is 2. The molecule has 1 N–H and O–H groups in total. The quantitative estimate of drug-likeness (QED) is 0.809. The molecule has 1 saturated heterocycles. The summed E-state index contributed by atoms with van der Waals surface area (Å²) in [5.41, 5.74) is 0.712. The zero-order valence-corrected chi connectivity index (χ0v) is 15.8. The monoisotopic (exact) mass is 377 g/mol. The lowest BCUT2D eigenvalue weighted by atomic mass is 9.97. The summed E-state index contributed by atoms with van der Waals surface area (Å²) in [5, 5.41) is 5.51. The van der Waals surface area contributed by atoms with E-state index in [-0.39, 0.29) is 30.6 Å². The van der Waals surface area contributed by atoms with Gasteiger partial charge in [-0.25, -0.2) is 9.78 Å². The molecule has 0 saturated carbocycles. The molecule has 1 aliphatic rings. The van der Waals surface area contributed by atoms with E-state index in [0.29, 0.717) is 37.4 Å². The molecule has 0 spiro atoms. The lowest BCUT2D eigenvalue weighted by Crippen LogP contribution is -2.47. The van der Waals surface area contributed by atoms with E-state index < -0.39 is 0 Å². The van der Waals surface area contributed by atoms with Gasteiger partial charge >= 0.3 is 12.0 Å². The molecule has 3 heterocycles. The van der Waals surface area contributed by atoms with Crippen LogP contribution in [0.1, 0.15) is 32.4 Å². The maximum atomic E-state index is 12.3. The third-order valence-electron chi connectivity index (χ3n) is 4.17. The lowest BCUT2D eigenvalue weighted by molar-refractivity contribution is -0.151. The number of rotatable bonds is 5. The Morgan fingerprint density at radius 3 is 2.85 bits per heavy atom. The lowest BCUT2D eigenvalue weighted by Gasteiger charge is -2.31. The summed E-state index contributed by atoms with van der Waals surface area (Å²) in [6, 6.07) is 3.69. The largest absolute Gasteiger partial charge is 0.462 e. The molecule has 0 aliphatic carbocycles. The number of nitrogens with one attached hydrogen (secondary N) is 1. The van der Waals surface area contributed by atoms with E-state index in [1.54, 1.807) is 11.2 Å². The number of carbonyl (C=O) groups is 2. The fraction of sp³-hybridized carbons (Fsp3) is 0.500. The molecule has 1 fully saturated rings. The maximum Gasteiger partial charge on any atom is 0.317 e. The molecule has 1 aliphatic heterocycles. The van der Waals surface area contributed by atoms with Gasteiger partial charge in [0.1, 0.15) is 6.61 Å². The first-order chi connectivity index (χ1) is 12.5. The minimum atomic E-state index is -0.221. The first-order valence-electron chi connectivity index (χ1n) is 8.73. The zero-order chi connectivity index (χ0) is 18.5. The molecule has 0 aromatic carbocycles. The number of carbonyl (C=O) groups excluding carboxylic acids is 2. The highest BCUT2D eigenvalue weighted by Crippen LogP contribution is 2.25. The summed E-state index contributed by atoms with van der Waals surface area (Å²) < 4.78 is 10.7. The van der Waals surface area contributed by atoms with Crippen molar-refractivity contribution in [1.82, 2.24) is 15.2 Å². The van der Waals surface area contributed by atoms with Crippen molar-refractivity contribution in [2.24, 2.45) is 5.92 Å². The van der Waals surface area contributed by atoms with E-state index in [9.17, 15) is 9.59 Å². The molecule has 2 aromatic heterocycles. The van der Waals surface area contributed by atoms with Crippen LogP contribution >= 0.6 is 11.3 Å². The number of ether oxygens (including phenoxy) is 1. The van der Waals surface area contributed by atoms with Crippen molar-refractivity contribution in [2.45, 2.75) is 39.3 Å². The summed E-state index contributed by atoms with van der Waals surface area (Å²) in [7, 11) is 0. The molecule has 2 amide bonds. The molecule has 26 heavy (non-hydrogen) atoms. The average molecular weight is 377 g/mol. The molecule has 8 heteroatoms. The van der Waals surface area contributed by atoms with Crippen LogP contribution in [-0.4, -0.2) is 41.0 Å². The highest BCUT2D eigenvalue weighted by molar-refractivity contribution is 7.13. The molecule has 0 atom stereocenters. The van der Waals surface area contributed by atoms with Crippen molar-refractivity contribution in [3.05, 3.63) is 29.5 Å². The van der Waals surface area contributed by atoms with Crippen molar-refractivity contribution < 1.29 is 18.7 Å². The van der Waals surface area contributed by atoms with Crippen LogP contribution in [0.4, 0.5) is 4.79 Å². The third-order valence-corrected chi connectivity index (χ3v) is 5.08. The fourth-order valence-electron chi connectivity index (χ4n) is 2.81. The first kappa shape index (κ1) is 18.4. The van der Waals surface area contributed by atoms with Crippen molar-refractivity contribution in [3.63, 3.8) is 0 Å². The number of amides is 2. The van der Waals surface area contributed by atoms with E-state index in [1.807, 2.05) is 31.4 Å². The number of furan rings is 1. The highest BCUT2D eigenvalue weighted by Gasteiger charge is 2.28. The SMILES string of the molecule is CC(C)NC(=O)N1CCC(C(=O)OCc2csc(-c3ccco3)n2)CC1. The zero-order valence-electron chi connectivity index (χ0n) is 14.9. The minimum absolute atomic E-state index is 0.0697. The number of piperidine rings is 1. The van der Waals surface area contributed by atoms with Gasteiger partial charge in [-0.2, -0.15) is 0 Å². The van der Waals surface area contributed by atoms with Crippen molar-refractivity contribution in [1.29, 1.82) is 0 Å². The van der Waals surface area contributed by atoms with Crippen LogP contribution in [-0.2, 0) is 16.1 Å². The maximum absolute atomic E-state index is 12.3. The standard InChI is InChI=1S/C18H23N3O4S/c1-12(2)19-18(23)21-7-5-13(6-8-21)17(22)25-10-14-11-26-16(20-14)15-4-3-9-24-15/h3-4,9,11-13H,5-8,10H2,1-2H3,(H,19,23). The van der Waals surface area contributed by atoms with Crippen LogP contribution in [0.15, 0.2) is 28.2 Å². The van der Waals surface area contributed by atoms with Crippen LogP contribution in [0.25, 0.3) is 10.8 Å². The Kier molecular flexibility index (Phi) is 5.92. The molecule has 140 valence electrons. The summed E-state index contributed by atoms with van der Waals surface area (Å²) in [6.45, 7) is 5.15. The Hall–Kier alpha value is -2.35. The van der Waals surface area contributed by atoms with E-state index in [4.69, 9.17) is 9.15 Å². The van der Waals surface area contributed by atoms with Gasteiger partial charge in [0.25, 0.3) is 0 Å². The second-order valence-electron chi connectivity index (χ2n) is 6.59. The number of aromatic nitrogens is 1. The Balaban J connectivity index is 1.44. The predicted octanol–water partition coefficient (Wildman–Crippen LogP) is 3.28. The van der Waals surface area contributed by atoms with Gasteiger partial charge in [-0.05, 0) is 38.8 Å². The molecule has 2 aromatic rings. The van der Waals surface area contributed by atoms with Crippen LogP contribution in [0.3, 0.4) is 0 Å². The normalized spacial score (nSPS) is 15.3. The van der Waals surface area contributed by atoms with Crippen LogP contribution in [0.2, 0.25) is 0 Å². The van der Waals surface area contributed by atoms with Crippen LogP contribution in [0, 0.1) is 5.92 Å². The van der Waals surface area contributed by atoms with E-state index in [0.717, 1.165) is 5.01 Å². The Morgan fingerprint density at radius 2 is 2.19 bits per heavy atom. The second-order valence-corrected chi connectivity index (χ2v) is 7.45. The Morgan fingerprint density at radius 1 is 1.42 bits per heavy atom. The van der Waals surface area contributed by atoms with E-state index in [1.165, 1.54) is 11.3 Å². The van der Waals surface area contributed by atoms with Crippen LogP contribution < -0.4 is 5.32 Å².